The van der Waals surface area contributed by atoms with Crippen molar-refractivity contribution in [2.45, 2.75) is 13.5 Å². The van der Waals surface area contributed by atoms with E-state index in [9.17, 15) is 0 Å². The van der Waals surface area contributed by atoms with E-state index in [0.717, 1.165) is 11.3 Å². The van der Waals surface area contributed by atoms with Crippen LogP contribution in [0.4, 0.5) is 5.69 Å². The molecular formula is C21H29N3O5. The molecule has 8 nitrogen and oxygen atoms in total. The number of methoxy groups -OCH3 is 5. The molecule has 0 amide bonds. The van der Waals surface area contributed by atoms with E-state index in [2.05, 4.69) is 15.6 Å². The number of guanidine groups is 1. The molecule has 0 saturated heterocycles. The number of rotatable bonds is 9. The number of anilines is 1. The maximum Gasteiger partial charge on any atom is 0.196 e. The van der Waals surface area contributed by atoms with Gasteiger partial charge < -0.3 is 34.3 Å². The fourth-order valence-electron chi connectivity index (χ4n) is 2.74. The zero-order valence-corrected chi connectivity index (χ0v) is 17.8. The van der Waals surface area contributed by atoms with Crippen LogP contribution in [0.2, 0.25) is 0 Å². The third-order valence-corrected chi connectivity index (χ3v) is 4.18. The van der Waals surface area contributed by atoms with Crippen LogP contribution in [0, 0.1) is 0 Å². The average molecular weight is 403 g/mol. The molecule has 0 atom stereocenters. The zero-order valence-electron chi connectivity index (χ0n) is 17.8. The molecule has 0 aliphatic carbocycles. The van der Waals surface area contributed by atoms with Gasteiger partial charge in [0.2, 0.25) is 0 Å². The van der Waals surface area contributed by atoms with Crippen LogP contribution in [0.25, 0.3) is 0 Å². The van der Waals surface area contributed by atoms with E-state index in [1.165, 1.54) is 0 Å². The highest BCUT2D eigenvalue weighted by Crippen LogP contribution is 2.35. The maximum atomic E-state index is 5.48. The van der Waals surface area contributed by atoms with E-state index in [-0.39, 0.29) is 0 Å². The van der Waals surface area contributed by atoms with Crippen LogP contribution in [-0.4, -0.2) is 48.1 Å². The lowest BCUT2D eigenvalue weighted by Crippen LogP contribution is -2.30. The van der Waals surface area contributed by atoms with Crippen molar-refractivity contribution in [1.29, 1.82) is 0 Å². The van der Waals surface area contributed by atoms with Gasteiger partial charge in [-0.15, -0.1) is 0 Å². The number of nitrogens with one attached hydrogen (secondary N) is 2. The Labute approximate surface area is 171 Å². The van der Waals surface area contributed by atoms with E-state index >= 15 is 0 Å². The first-order valence-electron chi connectivity index (χ1n) is 9.16. The van der Waals surface area contributed by atoms with Crippen molar-refractivity contribution in [2.24, 2.45) is 4.99 Å². The molecule has 0 saturated carbocycles. The Kier molecular flexibility index (Phi) is 8.27. The number of aliphatic imine (C=N–C) groups is 1. The Balaban J connectivity index is 2.27. The molecule has 2 aromatic rings. The first-order chi connectivity index (χ1) is 14.1. The van der Waals surface area contributed by atoms with E-state index in [4.69, 9.17) is 23.7 Å². The Bertz CT molecular complexity index is 839. The smallest absolute Gasteiger partial charge is 0.196 e. The number of ether oxygens (including phenoxy) is 5. The Morgan fingerprint density at radius 2 is 1.34 bits per heavy atom. The summed E-state index contributed by atoms with van der Waals surface area (Å²) in [5, 5.41) is 6.50. The molecule has 0 fully saturated rings. The highest BCUT2D eigenvalue weighted by atomic mass is 16.5. The van der Waals surface area contributed by atoms with Crippen molar-refractivity contribution in [3.8, 4) is 28.7 Å². The summed E-state index contributed by atoms with van der Waals surface area (Å²) in [5.74, 6) is 3.82. The first kappa shape index (κ1) is 22.0. The minimum atomic E-state index is 0.381. The third-order valence-electron chi connectivity index (χ3n) is 4.18. The summed E-state index contributed by atoms with van der Waals surface area (Å²) in [6, 6.07) is 9.23. The zero-order chi connectivity index (χ0) is 21.2. The molecule has 0 heterocycles. The molecule has 0 radical (unpaired) electrons. The van der Waals surface area contributed by atoms with Crippen LogP contribution >= 0.6 is 0 Å². The lowest BCUT2D eigenvalue weighted by atomic mass is 10.1. The molecule has 158 valence electrons. The van der Waals surface area contributed by atoms with Crippen LogP contribution in [0.1, 0.15) is 12.5 Å². The van der Waals surface area contributed by atoms with Gasteiger partial charge in [-0.3, -0.25) is 0 Å². The highest BCUT2D eigenvalue weighted by molar-refractivity contribution is 5.94. The van der Waals surface area contributed by atoms with E-state index in [0.29, 0.717) is 47.8 Å². The molecule has 2 aromatic carbocycles. The summed E-state index contributed by atoms with van der Waals surface area (Å²) in [7, 11) is 8.00. The van der Waals surface area contributed by atoms with E-state index in [1.54, 1.807) is 41.6 Å². The second-order valence-electron chi connectivity index (χ2n) is 5.91. The molecule has 0 spiro atoms. The second-order valence-corrected chi connectivity index (χ2v) is 5.91. The highest BCUT2D eigenvalue weighted by Gasteiger charge is 2.12. The molecule has 8 heteroatoms. The van der Waals surface area contributed by atoms with Gasteiger partial charge in [-0.05, 0) is 25.1 Å². The largest absolute Gasteiger partial charge is 0.496 e. The molecule has 2 rings (SSSR count). The predicted octanol–water partition coefficient (Wildman–Crippen LogP) is 3.31. The molecule has 29 heavy (non-hydrogen) atoms. The lowest BCUT2D eigenvalue weighted by molar-refractivity contribution is 0.347. The van der Waals surface area contributed by atoms with Crippen LogP contribution in [0.5, 0.6) is 28.7 Å². The predicted molar refractivity (Wildman–Crippen MR) is 114 cm³/mol. The number of benzene rings is 2. The van der Waals surface area contributed by atoms with Crippen LogP contribution < -0.4 is 34.3 Å². The third kappa shape index (κ3) is 5.60. The minimum absolute atomic E-state index is 0.381. The van der Waals surface area contributed by atoms with Gasteiger partial charge in [0.15, 0.2) is 29.0 Å². The summed E-state index contributed by atoms with van der Waals surface area (Å²) in [6.07, 6.45) is 0. The number of hydrogen-bond acceptors (Lipinski definition) is 6. The lowest BCUT2D eigenvalue weighted by Gasteiger charge is -2.15. The van der Waals surface area contributed by atoms with Crippen molar-refractivity contribution < 1.29 is 23.7 Å². The average Bonchev–Trinajstić information content (AvgIpc) is 2.76. The molecule has 0 unspecified atom stereocenters. The summed E-state index contributed by atoms with van der Waals surface area (Å²) >= 11 is 0. The van der Waals surface area contributed by atoms with Gasteiger partial charge in [-0.25, -0.2) is 4.99 Å². The standard InChI is InChI=1S/C21H29N3O5/c1-7-22-21(24-15-8-9-16(25-2)19(11-15)28-5)23-13-14-10-18(27-4)20(29-6)12-17(14)26-3/h8-12H,7,13H2,1-6H3,(H2,22,23,24). The Hall–Kier alpha value is -3.29. The maximum absolute atomic E-state index is 5.48. The van der Waals surface area contributed by atoms with Gasteiger partial charge in [0.1, 0.15) is 5.75 Å². The van der Waals surface area contributed by atoms with Crippen molar-refractivity contribution in [3.05, 3.63) is 35.9 Å². The van der Waals surface area contributed by atoms with E-state index < -0.39 is 0 Å². The van der Waals surface area contributed by atoms with Crippen molar-refractivity contribution in [3.63, 3.8) is 0 Å². The summed E-state index contributed by atoms with van der Waals surface area (Å²) in [6.45, 7) is 3.09. The first-order valence-corrected chi connectivity index (χ1v) is 9.16. The van der Waals surface area contributed by atoms with Gasteiger partial charge >= 0.3 is 0 Å². The SMILES string of the molecule is CCNC(=NCc1cc(OC)c(OC)cc1OC)Nc1ccc(OC)c(OC)c1. The molecule has 0 bridgehead atoms. The quantitative estimate of drug-likeness (QED) is 0.491. The Morgan fingerprint density at radius 3 is 1.93 bits per heavy atom. The molecular weight excluding hydrogens is 374 g/mol. The fourth-order valence-corrected chi connectivity index (χ4v) is 2.74. The van der Waals surface area contributed by atoms with Crippen molar-refractivity contribution in [2.75, 3.05) is 47.4 Å². The molecule has 0 aromatic heterocycles. The van der Waals surface area contributed by atoms with Gasteiger partial charge in [-0.2, -0.15) is 0 Å². The monoisotopic (exact) mass is 403 g/mol. The molecule has 0 aliphatic heterocycles. The normalized spacial score (nSPS) is 10.9. The van der Waals surface area contributed by atoms with Gasteiger partial charge in [-0.1, -0.05) is 0 Å². The van der Waals surface area contributed by atoms with Crippen LogP contribution in [0.15, 0.2) is 35.3 Å². The van der Waals surface area contributed by atoms with Crippen LogP contribution in [0.3, 0.4) is 0 Å². The van der Waals surface area contributed by atoms with Crippen molar-refractivity contribution in [1.82, 2.24) is 5.32 Å². The van der Waals surface area contributed by atoms with E-state index in [1.807, 2.05) is 31.2 Å². The summed E-state index contributed by atoms with van der Waals surface area (Å²) in [5.41, 5.74) is 1.69. The fraction of sp³-hybridized carbons (Fsp3) is 0.381. The van der Waals surface area contributed by atoms with Gasteiger partial charge in [0, 0.05) is 29.9 Å². The number of hydrogen-bond donors (Lipinski definition) is 2. The number of nitrogens with zero attached hydrogens (tertiary/aromatic N) is 1. The van der Waals surface area contributed by atoms with Gasteiger partial charge in [0.05, 0.1) is 42.1 Å². The van der Waals surface area contributed by atoms with Gasteiger partial charge in [0.25, 0.3) is 0 Å². The van der Waals surface area contributed by atoms with Crippen LogP contribution in [-0.2, 0) is 6.54 Å². The Morgan fingerprint density at radius 1 is 0.759 bits per heavy atom. The summed E-state index contributed by atoms with van der Waals surface area (Å²) < 4.78 is 26.8. The second kappa shape index (κ2) is 10.9. The molecule has 0 aliphatic rings. The minimum Gasteiger partial charge on any atom is -0.496 e. The topological polar surface area (TPSA) is 82.6 Å². The molecule has 2 N–H and O–H groups in total. The summed E-state index contributed by atoms with van der Waals surface area (Å²) in [4.78, 5) is 4.66. The van der Waals surface area contributed by atoms with Crippen molar-refractivity contribution >= 4 is 11.6 Å².